The van der Waals surface area contributed by atoms with Gasteiger partial charge in [-0.1, -0.05) is 60.7 Å². The molecule has 3 N–H and O–H groups in total. The fourth-order valence-electron chi connectivity index (χ4n) is 3.87. The Balaban J connectivity index is 1.61. The van der Waals surface area contributed by atoms with Gasteiger partial charge in [0.2, 0.25) is 0 Å². The molecule has 0 fully saturated rings. The molecule has 1 heterocycles. The minimum absolute atomic E-state index is 0.0379. The highest BCUT2D eigenvalue weighted by Gasteiger charge is 2.32. The minimum Gasteiger partial charge on any atom is -0.492 e. The number of fused-ring (bicyclic) bond motifs is 1. The summed E-state index contributed by atoms with van der Waals surface area (Å²) in [6, 6.07) is 26.0. The molecule has 0 aliphatic carbocycles. The maximum Gasteiger partial charge on any atom is 0.287 e. The summed E-state index contributed by atoms with van der Waals surface area (Å²) in [7, 11) is 0. The van der Waals surface area contributed by atoms with Gasteiger partial charge in [-0.05, 0) is 25.1 Å². The maximum absolute atomic E-state index is 13.5. The fraction of sp³-hybridized carbons (Fsp3) is 0.240. The number of benzene rings is 3. The number of hydrogen-bond donors (Lipinski definition) is 2. The molecule has 0 saturated heterocycles. The molecule has 0 bridgehead atoms. The highest BCUT2D eigenvalue weighted by Crippen LogP contribution is 2.34. The van der Waals surface area contributed by atoms with Gasteiger partial charge in [0.25, 0.3) is 5.91 Å². The van der Waals surface area contributed by atoms with E-state index in [9.17, 15) is 4.79 Å². The van der Waals surface area contributed by atoms with Gasteiger partial charge in [0.15, 0.2) is 6.04 Å². The molecule has 3 aromatic carbocycles. The molecule has 0 unspecified atom stereocenters. The average molecular weight is 420 g/mol. The van der Waals surface area contributed by atoms with Crippen LogP contribution >= 0.6 is 11.8 Å². The van der Waals surface area contributed by atoms with Crippen molar-refractivity contribution in [3.8, 4) is 5.75 Å². The Bertz CT molecular complexity index is 993. The van der Waals surface area contributed by atoms with Crippen molar-refractivity contribution >= 4 is 23.4 Å². The summed E-state index contributed by atoms with van der Waals surface area (Å²) in [5, 5.41) is 5.32. The van der Waals surface area contributed by atoms with Gasteiger partial charge < -0.3 is 15.4 Å². The Labute approximate surface area is 182 Å². The molecule has 0 aromatic heterocycles. The van der Waals surface area contributed by atoms with Crippen molar-refractivity contribution in [3.05, 3.63) is 90.0 Å². The fourth-order valence-corrected chi connectivity index (χ4v) is 5.03. The molecule has 154 valence electrons. The van der Waals surface area contributed by atoms with Gasteiger partial charge >= 0.3 is 0 Å². The van der Waals surface area contributed by atoms with Crippen LogP contribution in [0.2, 0.25) is 0 Å². The van der Waals surface area contributed by atoms with E-state index in [1.54, 1.807) is 0 Å². The number of rotatable bonds is 7. The maximum atomic E-state index is 13.5. The second kappa shape index (κ2) is 9.83. The highest BCUT2D eigenvalue weighted by atomic mass is 32.2. The second-order valence-electron chi connectivity index (χ2n) is 7.28. The monoisotopic (exact) mass is 419 g/mol. The van der Waals surface area contributed by atoms with Crippen LogP contribution in [0.15, 0.2) is 83.8 Å². The molecule has 3 aromatic rings. The van der Waals surface area contributed by atoms with Crippen molar-refractivity contribution in [2.24, 2.45) is 0 Å². The van der Waals surface area contributed by atoms with E-state index in [1.165, 1.54) is 10.5 Å². The third kappa shape index (κ3) is 4.69. The number of quaternary nitrogens is 1. The summed E-state index contributed by atoms with van der Waals surface area (Å²) in [6.07, 6.45) is 1.04. The largest absolute Gasteiger partial charge is 0.492 e. The smallest absolute Gasteiger partial charge is 0.287 e. The molecule has 0 spiro atoms. The molecular formula is C25H27N2O2S+. The summed E-state index contributed by atoms with van der Waals surface area (Å²) < 4.78 is 5.69. The molecular weight excluding hydrogens is 392 g/mol. The van der Waals surface area contributed by atoms with Gasteiger partial charge in [0, 0.05) is 28.2 Å². The van der Waals surface area contributed by atoms with Gasteiger partial charge in [0.05, 0.1) is 12.3 Å². The van der Waals surface area contributed by atoms with Crippen molar-refractivity contribution in [3.63, 3.8) is 0 Å². The van der Waals surface area contributed by atoms with Crippen LogP contribution in [-0.4, -0.2) is 18.3 Å². The predicted octanol–water partition coefficient (Wildman–Crippen LogP) is 4.57. The summed E-state index contributed by atoms with van der Waals surface area (Å²) in [6.45, 7) is 2.50. The third-order valence-electron chi connectivity index (χ3n) is 5.32. The lowest BCUT2D eigenvalue weighted by Crippen LogP contribution is -2.88. The normalized spacial score (nSPS) is 16.4. The molecule has 30 heavy (non-hydrogen) atoms. The molecule has 2 atom stereocenters. The Hall–Kier alpha value is -2.76. The van der Waals surface area contributed by atoms with Gasteiger partial charge in [0.1, 0.15) is 11.8 Å². The Morgan fingerprint density at radius 1 is 1.07 bits per heavy atom. The number of thioether (sulfide) groups is 1. The summed E-state index contributed by atoms with van der Waals surface area (Å²) in [5.41, 5.74) is 3.02. The molecule has 0 saturated carbocycles. The molecule has 4 rings (SSSR count). The van der Waals surface area contributed by atoms with Crippen molar-refractivity contribution < 1.29 is 14.8 Å². The topological polar surface area (TPSA) is 54.9 Å². The summed E-state index contributed by atoms with van der Waals surface area (Å²) >= 11 is 1.90. The SMILES string of the molecule is CCOc1ccccc1NC(=O)[C@H]([NH2+][C@@H]1CCSc2ccccc21)c1ccccc1. The zero-order chi connectivity index (χ0) is 20.8. The van der Waals surface area contributed by atoms with E-state index in [-0.39, 0.29) is 18.0 Å². The summed E-state index contributed by atoms with van der Waals surface area (Å²) in [4.78, 5) is 14.8. The van der Waals surface area contributed by atoms with Crippen molar-refractivity contribution in [1.82, 2.24) is 0 Å². The lowest BCUT2D eigenvalue weighted by molar-refractivity contribution is -0.722. The van der Waals surface area contributed by atoms with E-state index in [1.807, 2.05) is 73.3 Å². The van der Waals surface area contributed by atoms with Crippen LogP contribution in [0, 0.1) is 0 Å². The molecule has 5 heteroatoms. The van der Waals surface area contributed by atoms with Crippen LogP contribution in [0.5, 0.6) is 5.75 Å². The van der Waals surface area contributed by atoms with Crippen molar-refractivity contribution in [2.45, 2.75) is 30.3 Å². The number of carbonyl (C=O) groups excluding carboxylic acids is 1. The van der Waals surface area contributed by atoms with Gasteiger partial charge in [-0.2, -0.15) is 0 Å². The quantitative estimate of drug-likeness (QED) is 0.590. The molecule has 4 nitrogen and oxygen atoms in total. The highest BCUT2D eigenvalue weighted by molar-refractivity contribution is 7.99. The molecule has 1 aliphatic heterocycles. The molecule has 0 radical (unpaired) electrons. The van der Waals surface area contributed by atoms with Gasteiger partial charge in [-0.25, -0.2) is 0 Å². The first-order valence-electron chi connectivity index (χ1n) is 10.4. The average Bonchev–Trinajstić information content (AvgIpc) is 2.79. The Morgan fingerprint density at radius 3 is 2.63 bits per heavy atom. The van der Waals surface area contributed by atoms with E-state index in [0.717, 1.165) is 17.7 Å². The van der Waals surface area contributed by atoms with E-state index >= 15 is 0 Å². The van der Waals surface area contributed by atoms with E-state index in [4.69, 9.17) is 4.74 Å². The Kier molecular flexibility index (Phi) is 6.72. The van der Waals surface area contributed by atoms with Crippen molar-refractivity contribution in [2.75, 3.05) is 17.7 Å². The number of ether oxygens (including phenoxy) is 1. The standard InChI is InChI=1S/C25H26N2O2S/c1-2-29-22-14-8-7-13-21(22)27-25(28)24(18-10-4-3-5-11-18)26-20-16-17-30-23-15-9-6-12-19(20)23/h3-15,20,24,26H,2,16-17H2,1H3,(H,27,28)/p+1/t20-,24-/m1/s1. The lowest BCUT2D eigenvalue weighted by Gasteiger charge is -2.27. The molecule has 1 aliphatic rings. The van der Waals surface area contributed by atoms with Gasteiger partial charge in [-0.3, -0.25) is 4.79 Å². The predicted molar refractivity (Wildman–Crippen MR) is 122 cm³/mol. The number of hydrogen-bond acceptors (Lipinski definition) is 3. The summed E-state index contributed by atoms with van der Waals surface area (Å²) in [5.74, 6) is 1.72. The first-order chi connectivity index (χ1) is 14.8. The third-order valence-corrected chi connectivity index (χ3v) is 6.44. The van der Waals surface area contributed by atoms with Gasteiger partial charge in [-0.15, -0.1) is 11.8 Å². The lowest BCUT2D eigenvalue weighted by atomic mass is 9.99. The van der Waals surface area contributed by atoms with Crippen LogP contribution in [0.25, 0.3) is 0 Å². The van der Waals surface area contributed by atoms with Crippen molar-refractivity contribution in [1.29, 1.82) is 0 Å². The van der Waals surface area contributed by atoms with E-state index in [0.29, 0.717) is 18.0 Å². The van der Waals surface area contributed by atoms with Crippen LogP contribution in [0.1, 0.15) is 36.6 Å². The van der Waals surface area contributed by atoms with Crippen LogP contribution in [0.4, 0.5) is 5.69 Å². The number of nitrogens with one attached hydrogen (secondary N) is 1. The first-order valence-corrected chi connectivity index (χ1v) is 11.4. The number of para-hydroxylation sites is 2. The van der Waals surface area contributed by atoms with E-state index < -0.39 is 0 Å². The number of anilines is 1. The first kappa shape index (κ1) is 20.5. The number of nitrogens with two attached hydrogens (primary N) is 1. The van der Waals surface area contributed by atoms with Crippen LogP contribution in [0.3, 0.4) is 0 Å². The zero-order valence-electron chi connectivity index (χ0n) is 17.1. The zero-order valence-corrected chi connectivity index (χ0v) is 17.9. The number of amides is 1. The molecule has 1 amide bonds. The Morgan fingerprint density at radius 2 is 1.80 bits per heavy atom. The van der Waals surface area contributed by atoms with Crippen LogP contribution < -0.4 is 15.4 Å². The minimum atomic E-state index is -0.345. The number of carbonyl (C=O) groups is 1. The van der Waals surface area contributed by atoms with Crippen LogP contribution in [-0.2, 0) is 4.79 Å². The van der Waals surface area contributed by atoms with E-state index in [2.05, 4.69) is 34.9 Å². The second-order valence-corrected chi connectivity index (χ2v) is 8.42.